The summed E-state index contributed by atoms with van der Waals surface area (Å²) in [5.41, 5.74) is 1.64. The summed E-state index contributed by atoms with van der Waals surface area (Å²) >= 11 is 3.14. The standard InChI is InChI=1S/C15H15BrFNO3/c1-20-13-5-9(6-14(21-2)15(13)19)8-18-10-3-4-12(17)11(16)7-10/h3-7,18-19H,8H2,1-2H3. The lowest BCUT2D eigenvalue weighted by Crippen LogP contribution is -2.01. The molecule has 2 rings (SSSR count). The molecule has 21 heavy (non-hydrogen) atoms. The second kappa shape index (κ2) is 6.67. The van der Waals surface area contributed by atoms with E-state index in [0.717, 1.165) is 11.3 Å². The third-order valence-corrected chi connectivity index (χ3v) is 3.56. The number of ether oxygens (including phenoxy) is 2. The second-order valence-corrected chi connectivity index (χ2v) is 5.19. The van der Waals surface area contributed by atoms with Crippen LogP contribution in [0.3, 0.4) is 0 Å². The summed E-state index contributed by atoms with van der Waals surface area (Å²) in [6, 6.07) is 8.11. The first-order chi connectivity index (χ1) is 10.0. The van der Waals surface area contributed by atoms with E-state index in [1.54, 1.807) is 24.3 Å². The number of rotatable bonds is 5. The quantitative estimate of drug-likeness (QED) is 0.853. The molecule has 0 heterocycles. The first-order valence-corrected chi connectivity index (χ1v) is 6.97. The maximum absolute atomic E-state index is 13.2. The van der Waals surface area contributed by atoms with Gasteiger partial charge in [0.05, 0.1) is 18.7 Å². The number of anilines is 1. The maximum atomic E-state index is 13.2. The molecule has 0 bridgehead atoms. The van der Waals surface area contributed by atoms with Crippen molar-refractivity contribution in [1.82, 2.24) is 0 Å². The highest BCUT2D eigenvalue weighted by Crippen LogP contribution is 2.37. The van der Waals surface area contributed by atoms with Gasteiger partial charge in [0.1, 0.15) is 5.82 Å². The lowest BCUT2D eigenvalue weighted by atomic mass is 10.1. The Hall–Kier alpha value is -1.95. The zero-order valence-corrected chi connectivity index (χ0v) is 13.2. The fourth-order valence-corrected chi connectivity index (χ4v) is 2.24. The van der Waals surface area contributed by atoms with Gasteiger partial charge in [-0.2, -0.15) is 0 Å². The van der Waals surface area contributed by atoms with Crippen LogP contribution >= 0.6 is 15.9 Å². The van der Waals surface area contributed by atoms with Crippen molar-refractivity contribution in [2.75, 3.05) is 19.5 Å². The molecule has 0 aliphatic rings. The van der Waals surface area contributed by atoms with Crippen LogP contribution in [-0.2, 0) is 6.54 Å². The van der Waals surface area contributed by atoms with E-state index in [4.69, 9.17) is 9.47 Å². The predicted molar refractivity (Wildman–Crippen MR) is 82.6 cm³/mol. The highest BCUT2D eigenvalue weighted by molar-refractivity contribution is 9.10. The maximum Gasteiger partial charge on any atom is 0.200 e. The van der Waals surface area contributed by atoms with Gasteiger partial charge in [-0.3, -0.25) is 0 Å². The molecule has 0 saturated heterocycles. The van der Waals surface area contributed by atoms with Gasteiger partial charge in [-0.1, -0.05) is 0 Å². The van der Waals surface area contributed by atoms with Crippen LogP contribution in [0.15, 0.2) is 34.8 Å². The molecule has 2 aromatic carbocycles. The molecule has 0 aromatic heterocycles. The fourth-order valence-electron chi connectivity index (χ4n) is 1.86. The third kappa shape index (κ3) is 3.58. The van der Waals surface area contributed by atoms with Crippen molar-refractivity contribution in [3.05, 3.63) is 46.2 Å². The van der Waals surface area contributed by atoms with Crippen LogP contribution in [0.2, 0.25) is 0 Å². The van der Waals surface area contributed by atoms with Crippen molar-refractivity contribution in [1.29, 1.82) is 0 Å². The first kappa shape index (κ1) is 15.4. The molecule has 0 atom stereocenters. The Labute approximate surface area is 130 Å². The molecule has 6 heteroatoms. The van der Waals surface area contributed by atoms with Crippen LogP contribution in [0, 0.1) is 5.82 Å². The zero-order chi connectivity index (χ0) is 15.4. The third-order valence-electron chi connectivity index (χ3n) is 2.96. The monoisotopic (exact) mass is 355 g/mol. The normalized spacial score (nSPS) is 10.3. The number of hydrogen-bond donors (Lipinski definition) is 2. The number of methoxy groups -OCH3 is 2. The molecule has 2 aromatic rings. The van der Waals surface area contributed by atoms with Crippen LogP contribution in [0.4, 0.5) is 10.1 Å². The second-order valence-electron chi connectivity index (χ2n) is 4.33. The van der Waals surface area contributed by atoms with E-state index in [1.807, 2.05) is 0 Å². The highest BCUT2D eigenvalue weighted by atomic mass is 79.9. The minimum absolute atomic E-state index is 0.0340. The Bertz CT molecular complexity index is 624. The van der Waals surface area contributed by atoms with Crippen molar-refractivity contribution in [2.24, 2.45) is 0 Å². The van der Waals surface area contributed by atoms with E-state index in [2.05, 4.69) is 21.2 Å². The summed E-state index contributed by atoms with van der Waals surface area (Å²) in [5.74, 6) is 0.333. The average molecular weight is 356 g/mol. The summed E-state index contributed by atoms with van der Waals surface area (Å²) in [6.07, 6.45) is 0. The highest BCUT2D eigenvalue weighted by Gasteiger charge is 2.11. The van der Waals surface area contributed by atoms with Gasteiger partial charge in [0.2, 0.25) is 5.75 Å². The fraction of sp³-hybridized carbons (Fsp3) is 0.200. The van der Waals surface area contributed by atoms with Crippen molar-refractivity contribution >= 4 is 21.6 Å². The van der Waals surface area contributed by atoms with E-state index >= 15 is 0 Å². The Morgan fingerprint density at radius 3 is 2.29 bits per heavy atom. The minimum atomic E-state index is -0.312. The lowest BCUT2D eigenvalue weighted by Gasteiger charge is -2.12. The van der Waals surface area contributed by atoms with Crippen LogP contribution in [0.1, 0.15) is 5.56 Å². The number of aromatic hydroxyl groups is 1. The summed E-state index contributed by atoms with van der Waals surface area (Å²) in [5, 5.41) is 13.0. The summed E-state index contributed by atoms with van der Waals surface area (Å²) < 4.78 is 23.8. The summed E-state index contributed by atoms with van der Waals surface area (Å²) in [6.45, 7) is 0.477. The van der Waals surface area contributed by atoms with Gasteiger partial charge in [-0.05, 0) is 51.8 Å². The Kier molecular flexibility index (Phi) is 4.90. The number of phenolic OH excluding ortho intramolecular Hbond substituents is 1. The summed E-state index contributed by atoms with van der Waals surface area (Å²) in [4.78, 5) is 0. The van der Waals surface area contributed by atoms with Crippen LogP contribution in [-0.4, -0.2) is 19.3 Å². The van der Waals surface area contributed by atoms with E-state index in [0.29, 0.717) is 22.5 Å². The molecular weight excluding hydrogens is 341 g/mol. The van der Waals surface area contributed by atoms with Gasteiger partial charge in [0.15, 0.2) is 11.5 Å². The van der Waals surface area contributed by atoms with Crippen molar-refractivity contribution in [2.45, 2.75) is 6.54 Å². The molecule has 0 unspecified atom stereocenters. The molecule has 4 nitrogen and oxygen atoms in total. The van der Waals surface area contributed by atoms with Crippen molar-refractivity contribution < 1.29 is 19.0 Å². The van der Waals surface area contributed by atoms with E-state index < -0.39 is 0 Å². The van der Waals surface area contributed by atoms with Crippen LogP contribution in [0.25, 0.3) is 0 Å². The van der Waals surface area contributed by atoms with Gasteiger partial charge in [0, 0.05) is 12.2 Å². The Morgan fingerprint density at radius 2 is 1.76 bits per heavy atom. The molecule has 0 amide bonds. The summed E-state index contributed by atoms with van der Waals surface area (Å²) in [7, 11) is 2.95. The van der Waals surface area contributed by atoms with E-state index in [-0.39, 0.29) is 11.6 Å². The lowest BCUT2D eigenvalue weighted by molar-refractivity contribution is 0.339. The number of halogens is 2. The molecule has 112 valence electrons. The molecule has 0 aliphatic carbocycles. The van der Waals surface area contributed by atoms with Crippen molar-refractivity contribution in [3.8, 4) is 17.2 Å². The smallest absolute Gasteiger partial charge is 0.200 e. The van der Waals surface area contributed by atoms with Crippen LogP contribution < -0.4 is 14.8 Å². The van der Waals surface area contributed by atoms with Crippen molar-refractivity contribution in [3.63, 3.8) is 0 Å². The van der Waals surface area contributed by atoms with Gasteiger partial charge in [-0.15, -0.1) is 0 Å². The SMILES string of the molecule is COc1cc(CNc2ccc(F)c(Br)c2)cc(OC)c1O. The van der Waals surface area contributed by atoms with Gasteiger partial charge < -0.3 is 19.9 Å². The van der Waals surface area contributed by atoms with Gasteiger partial charge in [0.25, 0.3) is 0 Å². The van der Waals surface area contributed by atoms with Gasteiger partial charge >= 0.3 is 0 Å². The molecule has 0 spiro atoms. The molecule has 0 aliphatic heterocycles. The largest absolute Gasteiger partial charge is 0.502 e. The Morgan fingerprint density at radius 1 is 1.14 bits per heavy atom. The Balaban J connectivity index is 2.17. The van der Waals surface area contributed by atoms with Gasteiger partial charge in [-0.25, -0.2) is 4.39 Å². The molecule has 0 radical (unpaired) electrons. The molecule has 0 fully saturated rings. The minimum Gasteiger partial charge on any atom is -0.502 e. The molecular formula is C15H15BrFNO3. The zero-order valence-electron chi connectivity index (χ0n) is 11.6. The number of phenols is 1. The van der Waals surface area contributed by atoms with E-state index in [9.17, 15) is 9.50 Å². The molecule has 2 N–H and O–H groups in total. The van der Waals surface area contributed by atoms with Crippen LogP contribution in [0.5, 0.6) is 17.2 Å². The number of benzene rings is 2. The number of nitrogens with one attached hydrogen (secondary N) is 1. The first-order valence-electron chi connectivity index (χ1n) is 6.18. The molecule has 0 saturated carbocycles. The average Bonchev–Trinajstić information content (AvgIpc) is 2.49. The predicted octanol–water partition coefficient (Wildman–Crippen LogP) is 3.92. The number of hydrogen-bond acceptors (Lipinski definition) is 4. The van der Waals surface area contributed by atoms with E-state index in [1.165, 1.54) is 20.3 Å². The topological polar surface area (TPSA) is 50.7 Å².